The molecule has 4 rings (SSSR count). The van der Waals surface area contributed by atoms with Crippen LogP contribution < -0.4 is 10.1 Å². The molecule has 2 aromatic carbocycles. The Morgan fingerprint density at radius 3 is 2.61 bits per heavy atom. The molecule has 0 spiro atoms. The summed E-state index contributed by atoms with van der Waals surface area (Å²) in [7, 11) is 0. The molecule has 1 fully saturated rings. The number of amides is 1. The fourth-order valence-electron chi connectivity index (χ4n) is 4.10. The smallest absolute Gasteiger partial charge is 0.227 e. The molecule has 0 bridgehead atoms. The van der Waals surface area contributed by atoms with Crippen molar-refractivity contribution in [3.05, 3.63) is 59.1 Å². The number of nitrogens with one attached hydrogen (secondary N) is 1. The van der Waals surface area contributed by atoms with E-state index in [0.29, 0.717) is 17.4 Å². The van der Waals surface area contributed by atoms with Crippen molar-refractivity contribution in [2.45, 2.75) is 26.7 Å². The molecule has 7 heteroatoms. The monoisotopic (exact) mass is 466 g/mol. The van der Waals surface area contributed by atoms with Gasteiger partial charge in [-0.3, -0.25) is 4.79 Å². The highest BCUT2D eigenvalue weighted by molar-refractivity contribution is 6.30. The van der Waals surface area contributed by atoms with Crippen LogP contribution in [0.2, 0.25) is 5.02 Å². The molecule has 2 aliphatic rings. The van der Waals surface area contributed by atoms with Crippen molar-refractivity contribution in [1.29, 1.82) is 0 Å². The van der Waals surface area contributed by atoms with Crippen LogP contribution in [0, 0.1) is 0 Å². The minimum atomic E-state index is -0.0860. The van der Waals surface area contributed by atoms with Crippen LogP contribution in [0.5, 0.6) is 5.75 Å². The van der Waals surface area contributed by atoms with Crippen molar-refractivity contribution < 1.29 is 9.53 Å². The molecule has 1 saturated heterocycles. The molecule has 6 nitrogen and oxygen atoms in total. The summed E-state index contributed by atoms with van der Waals surface area (Å²) in [5, 5.41) is 3.64. The molecule has 0 radical (unpaired) electrons. The normalized spacial score (nSPS) is 16.4. The molecule has 1 N–H and O–H groups in total. The number of rotatable bonds is 6. The molecule has 0 atom stereocenters. The standard InChI is InChI=1S/C26H31ClN4O2/c1-3-30-13-15-31(16-14-30)25-11-4-19(2)23-18-21(7-10-24(23)29-25)28-26(32)12-17-33-22-8-5-20(27)6-9-22/h4-10,18H,3,11-17H2,1-2H3,(H,28,32). The predicted molar refractivity (Wildman–Crippen MR) is 136 cm³/mol. The van der Waals surface area contributed by atoms with Crippen LogP contribution in [-0.2, 0) is 4.79 Å². The van der Waals surface area contributed by atoms with Gasteiger partial charge in [-0.25, -0.2) is 4.99 Å². The maximum atomic E-state index is 12.4. The van der Waals surface area contributed by atoms with E-state index in [1.165, 1.54) is 5.57 Å². The molecule has 2 aromatic rings. The predicted octanol–water partition coefficient (Wildman–Crippen LogP) is 5.22. The first-order valence-electron chi connectivity index (χ1n) is 11.6. The molecule has 0 saturated carbocycles. The van der Waals surface area contributed by atoms with E-state index in [2.05, 4.69) is 35.0 Å². The zero-order valence-corrected chi connectivity index (χ0v) is 20.1. The lowest BCUT2D eigenvalue weighted by Crippen LogP contribution is -2.48. The molecule has 1 amide bonds. The van der Waals surface area contributed by atoms with Crippen molar-refractivity contribution in [2.75, 3.05) is 44.6 Å². The van der Waals surface area contributed by atoms with Gasteiger partial charge in [-0.2, -0.15) is 0 Å². The number of fused-ring (bicyclic) bond motifs is 1. The van der Waals surface area contributed by atoms with E-state index in [-0.39, 0.29) is 12.3 Å². The second-order valence-electron chi connectivity index (χ2n) is 8.37. The SMILES string of the molecule is CCN1CCN(C2=Nc3ccc(NC(=O)CCOc4ccc(Cl)cc4)cc3C(C)=CC2)CC1. The van der Waals surface area contributed by atoms with Crippen LogP contribution in [0.3, 0.4) is 0 Å². The highest BCUT2D eigenvalue weighted by Crippen LogP contribution is 2.33. The fourth-order valence-corrected chi connectivity index (χ4v) is 4.23. The van der Waals surface area contributed by atoms with E-state index in [1.807, 2.05) is 18.2 Å². The first-order chi connectivity index (χ1) is 16.0. The van der Waals surface area contributed by atoms with Crippen LogP contribution in [0.4, 0.5) is 11.4 Å². The Bertz CT molecular complexity index is 1040. The van der Waals surface area contributed by atoms with Gasteiger partial charge >= 0.3 is 0 Å². The van der Waals surface area contributed by atoms with Gasteiger partial charge in [0.05, 0.1) is 18.7 Å². The minimum Gasteiger partial charge on any atom is -0.493 e. The molecule has 2 heterocycles. The summed E-state index contributed by atoms with van der Waals surface area (Å²) in [6, 6.07) is 13.1. The Balaban J connectivity index is 1.37. The second kappa shape index (κ2) is 10.9. The second-order valence-corrected chi connectivity index (χ2v) is 8.81. The van der Waals surface area contributed by atoms with Crippen molar-refractivity contribution in [1.82, 2.24) is 9.80 Å². The lowest BCUT2D eigenvalue weighted by molar-refractivity contribution is -0.116. The molecule has 0 aromatic heterocycles. The van der Waals surface area contributed by atoms with E-state index in [9.17, 15) is 4.79 Å². The summed E-state index contributed by atoms with van der Waals surface area (Å²) in [5.74, 6) is 1.74. The number of hydrogen-bond donors (Lipinski definition) is 1. The van der Waals surface area contributed by atoms with Crippen molar-refractivity contribution >= 4 is 40.3 Å². The molecule has 0 aliphatic carbocycles. The van der Waals surface area contributed by atoms with Gasteiger partial charge < -0.3 is 19.9 Å². The topological polar surface area (TPSA) is 57.2 Å². The van der Waals surface area contributed by atoms with Crippen LogP contribution in [0.1, 0.15) is 32.3 Å². The Morgan fingerprint density at radius 1 is 1.12 bits per heavy atom. The van der Waals surface area contributed by atoms with Crippen LogP contribution in [0.25, 0.3) is 5.57 Å². The number of carbonyl (C=O) groups is 1. The lowest BCUT2D eigenvalue weighted by Gasteiger charge is -2.35. The summed E-state index contributed by atoms with van der Waals surface area (Å²) >= 11 is 5.88. The minimum absolute atomic E-state index is 0.0860. The van der Waals surface area contributed by atoms with Gasteiger partial charge in [0.1, 0.15) is 11.6 Å². The number of amidine groups is 1. The first kappa shape index (κ1) is 23.3. The highest BCUT2D eigenvalue weighted by Gasteiger charge is 2.20. The highest BCUT2D eigenvalue weighted by atomic mass is 35.5. The van der Waals surface area contributed by atoms with E-state index < -0.39 is 0 Å². The number of piperazine rings is 1. The average molecular weight is 467 g/mol. The molecule has 33 heavy (non-hydrogen) atoms. The van der Waals surface area contributed by atoms with Gasteiger partial charge in [0.25, 0.3) is 0 Å². The summed E-state index contributed by atoms with van der Waals surface area (Å²) in [6.45, 7) is 9.92. The first-order valence-corrected chi connectivity index (χ1v) is 11.9. The third-order valence-electron chi connectivity index (χ3n) is 6.14. The largest absolute Gasteiger partial charge is 0.493 e. The number of likely N-dealkylation sites (N-methyl/N-ethyl adjacent to an activating group) is 1. The van der Waals surface area contributed by atoms with Crippen molar-refractivity contribution in [3.63, 3.8) is 0 Å². The number of hydrogen-bond acceptors (Lipinski definition) is 5. The van der Waals surface area contributed by atoms with E-state index in [0.717, 1.165) is 61.9 Å². The molecule has 174 valence electrons. The summed E-state index contributed by atoms with van der Waals surface area (Å²) < 4.78 is 5.62. The Labute approximate surface area is 200 Å². The third kappa shape index (κ3) is 6.15. The van der Waals surface area contributed by atoms with E-state index in [4.69, 9.17) is 21.3 Å². The van der Waals surface area contributed by atoms with Gasteiger partial charge in [0.2, 0.25) is 5.91 Å². The lowest BCUT2D eigenvalue weighted by atomic mass is 10.0. The zero-order valence-electron chi connectivity index (χ0n) is 19.3. The summed E-state index contributed by atoms with van der Waals surface area (Å²) in [4.78, 5) is 22.3. The summed E-state index contributed by atoms with van der Waals surface area (Å²) in [5.41, 5.74) is 3.97. The number of nitrogens with zero attached hydrogens (tertiary/aromatic N) is 3. The van der Waals surface area contributed by atoms with Gasteiger partial charge in [-0.05, 0) is 61.5 Å². The summed E-state index contributed by atoms with van der Waals surface area (Å²) in [6.07, 6.45) is 3.33. The van der Waals surface area contributed by atoms with Crippen LogP contribution in [-0.4, -0.2) is 60.9 Å². The maximum Gasteiger partial charge on any atom is 0.227 e. The van der Waals surface area contributed by atoms with Gasteiger partial charge in [0, 0.05) is 48.9 Å². The maximum absolute atomic E-state index is 12.4. The fraction of sp³-hybridized carbons (Fsp3) is 0.385. The van der Waals surface area contributed by atoms with Crippen LogP contribution in [0.15, 0.2) is 53.5 Å². The quantitative estimate of drug-likeness (QED) is 0.634. The molecular formula is C26H31ClN4O2. The zero-order chi connectivity index (χ0) is 23.2. The molecule has 2 aliphatic heterocycles. The van der Waals surface area contributed by atoms with Crippen molar-refractivity contribution in [3.8, 4) is 5.75 Å². The van der Waals surface area contributed by atoms with E-state index in [1.54, 1.807) is 24.3 Å². The number of ether oxygens (including phenoxy) is 1. The third-order valence-corrected chi connectivity index (χ3v) is 6.39. The molecule has 0 unspecified atom stereocenters. The average Bonchev–Trinajstić information content (AvgIpc) is 2.99. The number of benzene rings is 2. The van der Waals surface area contributed by atoms with Gasteiger partial charge in [-0.15, -0.1) is 0 Å². The van der Waals surface area contributed by atoms with Crippen LogP contribution >= 0.6 is 11.6 Å². The number of carbonyl (C=O) groups excluding carboxylic acids is 1. The van der Waals surface area contributed by atoms with Gasteiger partial charge in [-0.1, -0.05) is 24.6 Å². The van der Waals surface area contributed by atoms with Gasteiger partial charge in [0.15, 0.2) is 0 Å². The number of anilines is 1. The van der Waals surface area contributed by atoms with Crippen molar-refractivity contribution in [2.24, 2.45) is 4.99 Å². The number of allylic oxidation sites excluding steroid dienone is 1. The number of halogens is 1. The Hall–Kier alpha value is -2.83. The Morgan fingerprint density at radius 2 is 1.88 bits per heavy atom. The van der Waals surface area contributed by atoms with E-state index >= 15 is 0 Å². The Kier molecular flexibility index (Phi) is 7.68. The number of aliphatic imine (C=N–C) groups is 1. The molecular weight excluding hydrogens is 436 g/mol.